The molecule has 0 saturated heterocycles. The summed E-state index contributed by atoms with van der Waals surface area (Å²) in [4.78, 5) is 38.5. The smallest absolute Gasteiger partial charge is 0.335 e. The minimum Gasteiger partial charge on any atom is -0.478 e. The molecule has 0 aliphatic carbocycles. The number of hydrogen-bond donors (Lipinski definition) is 2. The van der Waals surface area contributed by atoms with Crippen LogP contribution in [0.5, 0.6) is 0 Å². The normalized spacial score (nSPS) is 11.9. The number of carboxylic acids is 1. The Balaban J connectivity index is 1.41. The van der Waals surface area contributed by atoms with E-state index in [4.69, 9.17) is 4.52 Å². The fourth-order valence-corrected chi connectivity index (χ4v) is 4.57. The highest BCUT2D eigenvalue weighted by Gasteiger charge is 2.24. The Labute approximate surface area is 226 Å². The van der Waals surface area contributed by atoms with E-state index in [0.29, 0.717) is 22.4 Å². The van der Waals surface area contributed by atoms with Crippen LogP contribution in [0.4, 0.5) is 0 Å². The summed E-state index contributed by atoms with van der Waals surface area (Å²) in [7, 11) is 0. The lowest BCUT2D eigenvalue weighted by Gasteiger charge is -2.16. The molecule has 1 atom stereocenters. The van der Waals surface area contributed by atoms with Crippen LogP contribution in [0.15, 0.2) is 95.7 Å². The lowest BCUT2D eigenvalue weighted by molar-refractivity contribution is 0.0696. The molecule has 0 fully saturated rings. The van der Waals surface area contributed by atoms with Crippen molar-refractivity contribution in [1.82, 2.24) is 25.1 Å². The number of carboxylic acid groups (broad SMARTS) is 1. The van der Waals surface area contributed by atoms with Crippen LogP contribution in [-0.4, -0.2) is 42.5 Å². The first-order valence-corrected chi connectivity index (χ1v) is 12.4. The van der Waals surface area contributed by atoms with E-state index < -0.39 is 23.7 Å². The third-order valence-corrected chi connectivity index (χ3v) is 6.69. The van der Waals surface area contributed by atoms with Gasteiger partial charge in [-0.15, -0.1) is 10.2 Å². The quantitative estimate of drug-likeness (QED) is 0.276. The average molecular weight is 532 g/mol. The van der Waals surface area contributed by atoms with Gasteiger partial charge in [0, 0.05) is 17.2 Å². The Morgan fingerprint density at radius 2 is 1.62 bits per heavy atom. The lowest BCUT2D eigenvalue weighted by atomic mass is 10.0. The van der Waals surface area contributed by atoms with Crippen LogP contribution in [-0.2, 0) is 0 Å². The Morgan fingerprint density at radius 1 is 0.875 bits per heavy atom. The van der Waals surface area contributed by atoms with Gasteiger partial charge in [-0.1, -0.05) is 53.7 Å². The van der Waals surface area contributed by atoms with Gasteiger partial charge in [-0.2, -0.15) is 0 Å². The molecule has 6 rings (SSSR count). The number of aromatic carboxylic acids is 1. The maximum Gasteiger partial charge on any atom is 0.335 e. The number of rotatable bonds is 7. The van der Waals surface area contributed by atoms with Crippen molar-refractivity contribution in [2.45, 2.75) is 13.0 Å². The topological polar surface area (TPSA) is 140 Å². The molecule has 40 heavy (non-hydrogen) atoms. The van der Waals surface area contributed by atoms with Crippen molar-refractivity contribution in [2.24, 2.45) is 0 Å². The van der Waals surface area contributed by atoms with Crippen molar-refractivity contribution in [3.8, 4) is 11.3 Å². The lowest BCUT2D eigenvalue weighted by Crippen LogP contribution is -2.29. The SMILES string of the molecule is C[C@H](NC(=O)c1cc(-c2ccon2)cc2nnc(C(=O)c3ccc4ccccc4c3)n12)c1ccc(C(=O)O)cc1. The number of carbonyl (C=O) groups is 3. The minimum absolute atomic E-state index is 0.0133. The van der Waals surface area contributed by atoms with Gasteiger partial charge in [0.25, 0.3) is 5.91 Å². The van der Waals surface area contributed by atoms with Gasteiger partial charge in [-0.25, -0.2) is 4.79 Å². The van der Waals surface area contributed by atoms with Gasteiger partial charge in [0.15, 0.2) is 5.65 Å². The van der Waals surface area contributed by atoms with Gasteiger partial charge in [0.1, 0.15) is 17.7 Å². The molecule has 0 bridgehead atoms. The van der Waals surface area contributed by atoms with Gasteiger partial charge in [-0.05, 0) is 53.6 Å². The first-order valence-electron chi connectivity index (χ1n) is 12.4. The zero-order chi connectivity index (χ0) is 27.8. The summed E-state index contributed by atoms with van der Waals surface area (Å²) in [5.41, 5.74) is 2.71. The van der Waals surface area contributed by atoms with Gasteiger partial charge in [0.2, 0.25) is 11.6 Å². The van der Waals surface area contributed by atoms with Gasteiger partial charge in [0.05, 0.1) is 11.6 Å². The zero-order valence-corrected chi connectivity index (χ0v) is 21.1. The molecule has 3 aromatic heterocycles. The molecule has 3 aromatic carbocycles. The molecular formula is C30H21N5O5. The molecule has 6 aromatic rings. The van der Waals surface area contributed by atoms with Crippen LogP contribution in [0.3, 0.4) is 0 Å². The summed E-state index contributed by atoms with van der Waals surface area (Å²) in [5.74, 6) is -1.93. The van der Waals surface area contributed by atoms with E-state index in [1.807, 2.05) is 30.3 Å². The summed E-state index contributed by atoms with van der Waals surface area (Å²) in [6.45, 7) is 1.78. The van der Waals surface area contributed by atoms with E-state index >= 15 is 0 Å². The van der Waals surface area contributed by atoms with Gasteiger partial charge >= 0.3 is 5.97 Å². The highest BCUT2D eigenvalue weighted by Crippen LogP contribution is 2.25. The van der Waals surface area contributed by atoms with Gasteiger partial charge < -0.3 is 14.9 Å². The molecule has 0 spiro atoms. The summed E-state index contributed by atoms with van der Waals surface area (Å²) in [6, 6.07) is 23.7. The number of carbonyl (C=O) groups excluding carboxylic acids is 2. The second kappa shape index (κ2) is 9.91. The maximum atomic E-state index is 13.7. The largest absolute Gasteiger partial charge is 0.478 e. The number of hydrogen-bond acceptors (Lipinski definition) is 7. The predicted octanol–water partition coefficient (Wildman–Crippen LogP) is 4.96. The number of nitrogens with one attached hydrogen (secondary N) is 1. The predicted molar refractivity (Wildman–Crippen MR) is 145 cm³/mol. The molecule has 0 unspecified atom stereocenters. The Kier molecular flexibility index (Phi) is 6.12. The molecule has 0 saturated carbocycles. The zero-order valence-electron chi connectivity index (χ0n) is 21.1. The molecule has 0 radical (unpaired) electrons. The molecule has 1 amide bonds. The number of amides is 1. The summed E-state index contributed by atoms with van der Waals surface area (Å²) in [5, 5.41) is 26.3. The van der Waals surface area contributed by atoms with Crippen molar-refractivity contribution in [2.75, 3.05) is 0 Å². The Hall–Kier alpha value is -5.64. The second-order valence-corrected chi connectivity index (χ2v) is 9.24. The number of nitrogens with zero attached hydrogens (tertiary/aromatic N) is 4. The third kappa shape index (κ3) is 4.47. The van der Waals surface area contributed by atoms with E-state index in [2.05, 4.69) is 20.7 Å². The van der Waals surface area contributed by atoms with Crippen molar-refractivity contribution in [3.63, 3.8) is 0 Å². The molecule has 3 heterocycles. The maximum absolute atomic E-state index is 13.7. The van der Waals surface area contributed by atoms with Crippen molar-refractivity contribution < 1.29 is 24.0 Å². The highest BCUT2D eigenvalue weighted by molar-refractivity contribution is 6.09. The molecule has 2 N–H and O–H groups in total. The molecule has 0 aliphatic rings. The molecule has 10 nitrogen and oxygen atoms in total. The van der Waals surface area contributed by atoms with Crippen LogP contribution in [0, 0.1) is 0 Å². The van der Waals surface area contributed by atoms with Crippen LogP contribution in [0.1, 0.15) is 55.6 Å². The minimum atomic E-state index is -1.04. The van der Waals surface area contributed by atoms with Crippen molar-refractivity contribution >= 4 is 34.1 Å². The number of aromatic nitrogens is 4. The first-order chi connectivity index (χ1) is 19.4. The van der Waals surface area contributed by atoms with E-state index in [1.54, 1.807) is 49.4 Å². The summed E-state index contributed by atoms with van der Waals surface area (Å²) in [6.07, 6.45) is 1.42. The molecular weight excluding hydrogens is 510 g/mol. The molecule has 10 heteroatoms. The fourth-order valence-electron chi connectivity index (χ4n) is 4.57. The highest BCUT2D eigenvalue weighted by atomic mass is 16.5. The monoisotopic (exact) mass is 531 g/mol. The molecule has 0 aliphatic heterocycles. The van der Waals surface area contributed by atoms with E-state index in [-0.39, 0.29) is 22.7 Å². The third-order valence-electron chi connectivity index (χ3n) is 6.69. The number of ketones is 1. The number of pyridine rings is 1. The van der Waals surface area contributed by atoms with Crippen LogP contribution in [0.25, 0.3) is 27.7 Å². The van der Waals surface area contributed by atoms with Crippen LogP contribution < -0.4 is 5.32 Å². The molecule has 196 valence electrons. The summed E-state index contributed by atoms with van der Waals surface area (Å²) < 4.78 is 6.40. The van der Waals surface area contributed by atoms with Crippen molar-refractivity contribution in [3.05, 3.63) is 119 Å². The second-order valence-electron chi connectivity index (χ2n) is 9.24. The van der Waals surface area contributed by atoms with Crippen LogP contribution >= 0.6 is 0 Å². The number of fused-ring (bicyclic) bond motifs is 2. The Morgan fingerprint density at radius 3 is 2.35 bits per heavy atom. The van der Waals surface area contributed by atoms with Crippen molar-refractivity contribution in [1.29, 1.82) is 0 Å². The number of benzene rings is 3. The first kappa shape index (κ1) is 24.7. The van der Waals surface area contributed by atoms with Crippen LogP contribution in [0.2, 0.25) is 0 Å². The van der Waals surface area contributed by atoms with E-state index in [1.165, 1.54) is 22.8 Å². The Bertz CT molecular complexity index is 1910. The van der Waals surface area contributed by atoms with Gasteiger partial charge in [-0.3, -0.25) is 14.0 Å². The fraction of sp³-hybridized carbons (Fsp3) is 0.0667. The summed E-state index contributed by atoms with van der Waals surface area (Å²) >= 11 is 0. The van der Waals surface area contributed by atoms with E-state index in [0.717, 1.165) is 10.8 Å². The standard InChI is InChI=1S/C30H21N5O5/c1-17(18-6-9-20(10-7-18)30(38)39)31-29(37)25-15-23(24-12-13-40-34-24)16-26-32-33-28(35(25)26)27(36)22-11-8-19-4-2-3-5-21(19)14-22/h2-17H,1H3,(H,31,37)(H,38,39)/t17-/m0/s1. The van der Waals surface area contributed by atoms with E-state index in [9.17, 15) is 19.5 Å². The average Bonchev–Trinajstić information content (AvgIpc) is 3.67.